The summed E-state index contributed by atoms with van der Waals surface area (Å²) in [5.41, 5.74) is 0. The van der Waals surface area contributed by atoms with E-state index in [1.54, 1.807) is 4.90 Å². The highest BCUT2D eigenvalue weighted by molar-refractivity contribution is 7.91. The Kier molecular flexibility index (Phi) is 5.48. The number of hydrogen-bond acceptors (Lipinski definition) is 4. The molecule has 2 rings (SSSR count). The fourth-order valence-electron chi connectivity index (χ4n) is 1.98. The minimum absolute atomic E-state index is 0.0530. The summed E-state index contributed by atoms with van der Waals surface area (Å²) in [4.78, 5) is 13.7. The number of benzene rings is 1. The summed E-state index contributed by atoms with van der Waals surface area (Å²) in [5, 5.41) is 0.470. The summed E-state index contributed by atoms with van der Waals surface area (Å²) < 4.78 is 29.5. The molecule has 8 heteroatoms. The second-order valence-corrected chi connectivity index (χ2v) is 7.56. The summed E-state index contributed by atoms with van der Waals surface area (Å²) in [6, 6.07) is 4.13. The number of rotatable bonds is 4. The lowest BCUT2D eigenvalue weighted by atomic mass is 10.3. The molecule has 0 saturated carbocycles. The van der Waals surface area contributed by atoms with E-state index in [9.17, 15) is 13.2 Å². The number of morpholine rings is 1. The molecule has 116 valence electrons. The maximum absolute atomic E-state index is 12.2. The van der Waals surface area contributed by atoms with E-state index < -0.39 is 9.84 Å². The fourth-order valence-corrected chi connectivity index (χ4v) is 3.60. The number of sulfone groups is 1. The van der Waals surface area contributed by atoms with Crippen molar-refractivity contribution >= 4 is 38.9 Å². The van der Waals surface area contributed by atoms with Gasteiger partial charge in [0.25, 0.3) is 0 Å². The maximum atomic E-state index is 12.2. The normalized spacial score (nSPS) is 16.0. The molecule has 1 aromatic rings. The summed E-state index contributed by atoms with van der Waals surface area (Å²) in [6.07, 6.45) is -0.0530. The predicted octanol–water partition coefficient (Wildman–Crippen LogP) is 2.02. The van der Waals surface area contributed by atoms with Gasteiger partial charge < -0.3 is 9.64 Å². The monoisotopic (exact) mass is 351 g/mol. The van der Waals surface area contributed by atoms with Crippen molar-refractivity contribution in [2.24, 2.45) is 0 Å². The lowest BCUT2D eigenvalue weighted by molar-refractivity contribution is -0.134. The minimum Gasteiger partial charge on any atom is -0.378 e. The Morgan fingerprint density at radius 3 is 2.48 bits per heavy atom. The highest BCUT2D eigenvalue weighted by Crippen LogP contribution is 2.25. The SMILES string of the molecule is O=C(CCS(=O)(=O)c1ccc(Cl)c(Cl)c1)N1CCOCC1. The number of halogens is 2. The first-order valence-corrected chi connectivity index (χ1v) is 8.84. The molecular weight excluding hydrogens is 337 g/mol. The van der Waals surface area contributed by atoms with Crippen molar-refractivity contribution < 1.29 is 17.9 Å². The van der Waals surface area contributed by atoms with Crippen molar-refractivity contribution in [3.8, 4) is 0 Å². The molecule has 5 nitrogen and oxygen atoms in total. The van der Waals surface area contributed by atoms with Gasteiger partial charge in [-0.05, 0) is 18.2 Å². The third-order valence-corrected chi connectivity index (χ3v) is 5.65. The first-order chi connectivity index (χ1) is 9.90. The lowest BCUT2D eigenvalue weighted by Gasteiger charge is -2.26. The van der Waals surface area contributed by atoms with Crippen molar-refractivity contribution in [2.45, 2.75) is 11.3 Å². The fraction of sp³-hybridized carbons (Fsp3) is 0.462. The van der Waals surface area contributed by atoms with E-state index in [4.69, 9.17) is 27.9 Å². The molecule has 1 saturated heterocycles. The molecule has 0 bridgehead atoms. The van der Waals surface area contributed by atoms with E-state index in [-0.39, 0.29) is 28.0 Å². The van der Waals surface area contributed by atoms with Gasteiger partial charge in [0.15, 0.2) is 9.84 Å². The third kappa shape index (κ3) is 4.32. The second-order valence-electron chi connectivity index (χ2n) is 4.64. The van der Waals surface area contributed by atoms with Crippen LogP contribution in [0, 0.1) is 0 Å². The van der Waals surface area contributed by atoms with Crippen molar-refractivity contribution in [1.29, 1.82) is 0 Å². The van der Waals surface area contributed by atoms with Crippen molar-refractivity contribution in [3.05, 3.63) is 28.2 Å². The second kappa shape index (κ2) is 6.96. The Bertz CT molecular complexity index is 627. The van der Waals surface area contributed by atoms with E-state index in [0.717, 1.165) is 0 Å². The van der Waals surface area contributed by atoms with Gasteiger partial charge in [0.05, 0.1) is 33.9 Å². The van der Waals surface area contributed by atoms with E-state index >= 15 is 0 Å². The summed E-state index contributed by atoms with van der Waals surface area (Å²) >= 11 is 11.6. The van der Waals surface area contributed by atoms with Gasteiger partial charge in [-0.2, -0.15) is 0 Å². The number of nitrogens with zero attached hydrogens (tertiary/aromatic N) is 1. The van der Waals surface area contributed by atoms with Crippen molar-refractivity contribution in [3.63, 3.8) is 0 Å². The Hall–Kier alpha value is -0.820. The predicted molar refractivity (Wildman–Crippen MR) is 80.5 cm³/mol. The van der Waals surface area contributed by atoms with Crippen molar-refractivity contribution in [1.82, 2.24) is 4.90 Å². The average Bonchev–Trinajstić information content (AvgIpc) is 2.48. The Labute approximate surface area is 133 Å². The van der Waals surface area contributed by atoms with Crippen LogP contribution >= 0.6 is 23.2 Å². The van der Waals surface area contributed by atoms with E-state index in [1.165, 1.54) is 18.2 Å². The van der Waals surface area contributed by atoms with Crippen LogP contribution < -0.4 is 0 Å². The molecule has 0 atom stereocenters. The van der Waals surface area contributed by atoms with Crippen LogP contribution in [0.2, 0.25) is 10.0 Å². The molecule has 0 aliphatic carbocycles. The van der Waals surface area contributed by atoms with E-state index in [0.29, 0.717) is 31.3 Å². The molecule has 0 unspecified atom stereocenters. The van der Waals surface area contributed by atoms with Gasteiger partial charge in [0.1, 0.15) is 0 Å². The lowest BCUT2D eigenvalue weighted by Crippen LogP contribution is -2.41. The summed E-state index contributed by atoms with van der Waals surface area (Å²) in [6.45, 7) is 1.99. The molecule has 1 aliphatic heterocycles. The Morgan fingerprint density at radius 1 is 1.19 bits per heavy atom. The van der Waals surface area contributed by atoms with Gasteiger partial charge >= 0.3 is 0 Å². The molecule has 0 N–H and O–H groups in total. The van der Waals surface area contributed by atoms with Gasteiger partial charge in [0, 0.05) is 19.5 Å². The number of ether oxygens (including phenoxy) is 1. The highest BCUT2D eigenvalue weighted by Gasteiger charge is 2.21. The zero-order chi connectivity index (χ0) is 15.5. The minimum atomic E-state index is -3.56. The molecule has 1 amide bonds. The third-order valence-electron chi connectivity index (χ3n) is 3.20. The van der Waals surface area contributed by atoms with Gasteiger partial charge in [-0.15, -0.1) is 0 Å². The average molecular weight is 352 g/mol. The first-order valence-electron chi connectivity index (χ1n) is 6.43. The van der Waals surface area contributed by atoms with Crippen LogP contribution in [0.1, 0.15) is 6.42 Å². The van der Waals surface area contributed by atoms with E-state index in [1.807, 2.05) is 0 Å². The van der Waals surface area contributed by atoms with Crippen molar-refractivity contribution in [2.75, 3.05) is 32.1 Å². The van der Waals surface area contributed by atoms with Gasteiger partial charge in [-0.1, -0.05) is 23.2 Å². The van der Waals surface area contributed by atoms with Gasteiger partial charge in [-0.25, -0.2) is 8.42 Å². The van der Waals surface area contributed by atoms with Crippen LogP contribution in [0.15, 0.2) is 23.1 Å². The largest absolute Gasteiger partial charge is 0.378 e. The summed E-state index contributed by atoms with van der Waals surface area (Å²) in [7, 11) is -3.56. The number of carbonyl (C=O) groups is 1. The Balaban J connectivity index is 2.00. The maximum Gasteiger partial charge on any atom is 0.223 e. The summed E-state index contributed by atoms with van der Waals surface area (Å²) in [5.74, 6) is -0.428. The molecule has 21 heavy (non-hydrogen) atoms. The molecule has 1 fully saturated rings. The molecule has 0 aromatic heterocycles. The van der Waals surface area contributed by atoms with Crippen LogP contribution in [-0.2, 0) is 19.4 Å². The molecule has 0 radical (unpaired) electrons. The van der Waals surface area contributed by atoms with Crippen LogP contribution in [0.25, 0.3) is 0 Å². The standard InChI is InChI=1S/C13H15Cl2NO4S/c14-11-2-1-10(9-12(11)15)21(18,19)8-3-13(17)16-4-6-20-7-5-16/h1-2,9H,3-8H2. The number of hydrogen-bond donors (Lipinski definition) is 0. The molecule has 0 spiro atoms. The van der Waals surface area contributed by atoms with Crippen LogP contribution in [0.3, 0.4) is 0 Å². The van der Waals surface area contributed by atoms with Gasteiger partial charge in [-0.3, -0.25) is 4.79 Å². The van der Waals surface area contributed by atoms with Crippen LogP contribution in [0.5, 0.6) is 0 Å². The zero-order valence-electron chi connectivity index (χ0n) is 11.2. The quantitative estimate of drug-likeness (QED) is 0.832. The molecular formula is C13H15Cl2NO4S. The molecule has 1 aromatic carbocycles. The topological polar surface area (TPSA) is 63.7 Å². The zero-order valence-corrected chi connectivity index (χ0v) is 13.5. The molecule has 1 heterocycles. The number of carbonyl (C=O) groups excluding carboxylic acids is 1. The highest BCUT2D eigenvalue weighted by atomic mass is 35.5. The first kappa shape index (κ1) is 16.5. The van der Waals surface area contributed by atoms with Crippen LogP contribution in [-0.4, -0.2) is 51.3 Å². The molecule has 1 aliphatic rings. The Morgan fingerprint density at radius 2 is 1.86 bits per heavy atom. The number of amides is 1. The van der Waals surface area contributed by atoms with Gasteiger partial charge in [0.2, 0.25) is 5.91 Å². The van der Waals surface area contributed by atoms with Crippen LogP contribution in [0.4, 0.5) is 0 Å². The van der Waals surface area contributed by atoms with E-state index in [2.05, 4.69) is 0 Å². The smallest absolute Gasteiger partial charge is 0.223 e.